The maximum absolute atomic E-state index is 11.8. The third-order valence-electron chi connectivity index (χ3n) is 8.84. The second-order valence-corrected chi connectivity index (χ2v) is 13.1. The fraction of sp³-hybridized carbons (Fsp3) is 0.973. The molecule has 0 aromatic heterocycles. The fourth-order valence-electron chi connectivity index (χ4n) is 5.94. The summed E-state index contributed by atoms with van der Waals surface area (Å²) < 4.78 is 17.8. The van der Waals surface area contributed by atoms with Gasteiger partial charge in [-0.25, -0.2) is 0 Å². The number of hydrogen-bond acceptors (Lipinski definition) is 6. The van der Waals surface area contributed by atoms with E-state index in [1.165, 1.54) is 103 Å². The summed E-state index contributed by atoms with van der Waals surface area (Å²) in [5, 5.41) is 9.62. The maximum Gasteiger partial charge on any atom is 0.305 e. The summed E-state index contributed by atoms with van der Waals surface area (Å²) in [6, 6.07) is 0. The van der Waals surface area contributed by atoms with Gasteiger partial charge in [-0.2, -0.15) is 0 Å². The molecule has 0 radical (unpaired) electrons. The molecule has 0 spiro atoms. The first-order chi connectivity index (χ1) is 21.1. The van der Waals surface area contributed by atoms with Crippen LogP contribution < -0.4 is 0 Å². The van der Waals surface area contributed by atoms with E-state index in [2.05, 4.69) is 25.7 Å². The van der Waals surface area contributed by atoms with Gasteiger partial charge in [-0.05, 0) is 38.6 Å². The van der Waals surface area contributed by atoms with E-state index >= 15 is 0 Å². The number of carbonyl (C=O) groups excluding carboxylic acids is 1. The highest BCUT2D eigenvalue weighted by Crippen LogP contribution is 2.29. The molecular formula is C37H73NO5. The molecule has 6 nitrogen and oxygen atoms in total. The summed E-state index contributed by atoms with van der Waals surface area (Å²) in [5.74, 6) is -0.0292. The Bertz CT molecular complexity index is 588. The zero-order valence-electron chi connectivity index (χ0n) is 29.0. The predicted octanol–water partition coefficient (Wildman–Crippen LogP) is 9.75. The van der Waals surface area contributed by atoms with E-state index in [1.54, 1.807) is 0 Å². The van der Waals surface area contributed by atoms with Crippen LogP contribution in [-0.4, -0.2) is 67.3 Å². The van der Waals surface area contributed by atoms with Crippen LogP contribution in [0.2, 0.25) is 0 Å². The van der Waals surface area contributed by atoms with Gasteiger partial charge in [-0.1, -0.05) is 143 Å². The zero-order chi connectivity index (χ0) is 31.2. The number of rotatable bonds is 34. The van der Waals surface area contributed by atoms with Gasteiger partial charge in [0, 0.05) is 19.5 Å². The molecule has 0 aliphatic carbocycles. The van der Waals surface area contributed by atoms with Crippen LogP contribution in [0, 0.1) is 0 Å². The Morgan fingerprint density at radius 3 is 1.77 bits per heavy atom. The third-order valence-corrected chi connectivity index (χ3v) is 8.84. The van der Waals surface area contributed by atoms with Crippen LogP contribution in [0.25, 0.3) is 0 Å². The molecule has 1 rings (SSSR count). The van der Waals surface area contributed by atoms with Crippen LogP contribution >= 0.6 is 0 Å². The normalized spacial score (nSPS) is 16.4. The number of unbranched alkanes of at least 4 members (excludes halogenated alkanes) is 18. The number of epoxide rings is 1. The minimum atomic E-state index is -0.0556. The van der Waals surface area contributed by atoms with Crippen LogP contribution in [0.4, 0.5) is 0 Å². The Labute approximate surface area is 267 Å². The molecule has 1 heterocycles. The first kappa shape index (κ1) is 40.3. The van der Waals surface area contributed by atoms with Gasteiger partial charge < -0.3 is 19.3 Å². The zero-order valence-corrected chi connectivity index (χ0v) is 29.0. The molecule has 256 valence electrons. The smallest absolute Gasteiger partial charge is 0.305 e. The van der Waals surface area contributed by atoms with Crippen molar-refractivity contribution in [3.05, 3.63) is 0 Å². The first-order valence-electron chi connectivity index (χ1n) is 18.9. The molecule has 2 atom stereocenters. The number of ether oxygens (including phenoxy) is 3. The van der Waals surface area contributed by atoms with E-state index in [1.807, 2.05) is 0 Å². The van der Waals surface area contributed by atoms with Gasteiger partial charge in [-0.3, -0.25) is 9.69 Å². The Morgan fingerprint density at radius 1 is 0.674 bits per heavy atom. The van der Waals surface area contributed by atoms with Crippen molar-refractivity contribution in [2.75, 3.05) is 32.8 Å². The summed E-state index contributed by atoms with van der Waals surface area (Å²) in [6.45, 7) is 10.1. The second-order valence-electron chi connectivity index (χ2n) is 13.1. The number of aliphatic hydroxyl groups is 1. The van der Waals surface area contributed by atoms with Crippen molar-refractivity contribution < 1.29 is 24.1 Å². The molecule has 0 amide bonds. The quantitative estimate of drug-likeness (QED) is 0.0444. The van der Waals surface area contributed by atoms with E-state index in [9.17, 15) is 9.90 Å². The highest BCUT2D eigenvalue weighted by atomic mass is 16.8. The van der Waals surface area contributed by atoms with E-state index in [-0.39, 0.29) is 25.0 Å². The summed E-state index contributed by atoms with van der Waals surface area (Å²) in [7, 11) is 0. The lowest BCUT2D eigenvalue weighted by molar-refractivity contribution is -0.143. The standard InChI is InChI=1S/C37H73NO5/c1-4-7-10-12-17-21-26-34(27-22-18-13-11-8-5-2)42-37-35(43-37)33-38(30-31-39)29-24-20-16-14-15-19-23-28-36(40)41-32-25-9-6-3/h34-35,37,39H,4-33H2,1-3H3. The molecule has 1 aliphatic rings. The molecule has 0 bridgehead atoms. The van der Waals surface area contributed by atoms with Gasteiger partial charge in [0.1, 0.15) is 6.10 Å². The van der Waals surface area contributed by atoms with Gasteiger partial charge in [0.15, 0.2) is 6.29 Å². The Balaban J connectivity index is 2.19. The molecule has 1 fully saturated rings. The van der Waals surface area contributed by atoms with E-state index in [4.69, 9.17) is 14.2 Å². The summed E-state index contributed by atoms with van der Waals surface area (Å²) >= 11 is 0. The van der Waals surface area contributed by atoms with E-state index < -0.39 is 0 Å². The highest BCUT2D eigenvalue weighted by Gasteiger charge is 2.42. The Morgan fingerprint density at radius 2 is 1.19 bits per heavy atom. The molecule has 1 N–H and O–H groups in total. The fourth-order valence-corrected chi connectivity index (χ4v) is 5.94. The second kappa shape index (κ2) is 30.0. The number of esters is 1. The van der Waals surface area contributed by atoms with Gasteiger partial charge in [0.2, 0.25) is 0 Å². The van der Waals surface area contributed by atoms with Crippen molar-refractivity contribution in [3.63, 3.8) is 0 Å². The molecule has 0 aromatic rings. The highest BCUT2D eigenvalue weighted by molar-refractivity contribution is 5.69. The predicted molar refractivity (Wildman–Crippen MR) is 180 cm³/mol. The molecule has 1 aliphatic heterocycles. The Hall–Kier alpha value is -0.690. The number of aliphatic hydroxyl groups excluding tert-OH is 1. The third kappa shape index (κ3) is 25.2. The summed E-state index contributed by atoms with van der Waals surface area (Å²) in [4.78, 5) is 14.1. The molecular weight excluding hydrogens is 538 g/mol. The van der Waals surface area contributed by atoms with Crippen LogP contribution in [0.15, 0.2) is 0 Å². The largest absolute Gasteiger partial charge is 0.466 e. The lowest BCUT2D eigenvalue weighted by Crippen LogP contribution is -2.32. The molecule has 1 saturated heterocycles. The summed E-state index contributed by atoms with van der Waals surface area (Å²) in [6.07, 6.45) is 30.6. The van der Waals surface area contributed by atoms with Crippen LogP contribution in [0.5, 0.6) is 0 Å². The van der Waals surface area contributed by atoms with Crippen molar-refractivity contribution in [1.82, 2.24) is 4.90 Å². The van der Waals surface area contributed by atoms with Gasteiger partial charge >= 0.3 is 5.97 Å². The Kier molecular flexibility index (Phi) is 28.1. The minimum absolute atomic E-state index is 0.0292. The number of carbonyl (C=O) groups is 1. The lowest BCUT2D eigenvalue weighted by Gasteiger charge is -2.21. The van der Waals surface area contributed by atoms with Crippen molar-refractivity contribution in [3.8, 4) is 0 Å². The van der Waals surface area contributed by atoms with Crippen LogP contribution in [-0.2, 0) is 19.0 Å². The number of hydrogen-bond donors (Lipinski definition) is 1. The monoisotopic (exact) mass is 612 g/mol. The number of nitrogens with zero attached hydrogens (tertiary/aromatic N) is 1. The van der Waals surface area contributed by atoms with Crippen LogP contribution in [0.3, 0.4) is 0 Å². The molecule has 43 heavy (non-hydrogen) atoms. The average Bonchev–Trinajstić information content (AvgIpc) is 3.74. The average molecular weight is 612 g/mol. The van der Waals surface area contributed by atoms with Crippen molar-refractivity contribution in [2.24, 2.45) is 0 Å². The van der Waals surface area contributed by atoms with Crippen molar-refractivity contribution in [1.29, 1.82) is 0 Å². The van der Waals surface area contributed by atoms with Crippen LogP contribution in [0.1, 0.15) is 181 Å². The topological polar surface area (TPSA) is 71.5 Å². The first-order valence-corrected chi connectivity index (χ1v) is 18.9. The molecule has 0 aromatic carbocycles. The maximum atomic E-state index is 11.8. The molecule has 0 saturated carbocycles. The molecule has 6 heteroatoms. The molecule has 2 unspecified atom stereocenters. The van der Waals surface area contributed by atoms with Crippen molar-refractivity contribution >= 4 is 5.97 Å². The SMILES string of the molecule is CCCCCCCCC(CCCCCCCC)OC1OC1CN(CCO)CCCCCCCCCC(=O)OCCCCC. The van der Waals surface area contributed by atoms with Gasteiger partial charge in [-0.15, -0.1) is 0 Å². The summed E-state index contributed by atoms with van der Waals surface area (Å²) in [5.41, 5.74) is 0. The van der Waals surface area contributed by atoms with E-state index in [0.29, 0.717) is 25.7 Å². The van der Waals surface area contributed by atoms with Crippen molar-refractivity contribution in [2.45, 2.75) is 200 Å². The van der Waals surface area contributed by atoms with Gasteiger partial charge in [0.05, 0.1) is 19.3 Å². The minimum Gasteiger partial charge on any atom is -0.466 e. The van der Waals surface area contributed by atoms with E-state index in [0.717, 1.165) is 64.5 Å². The lowest BCUT2D eigenvalue weighted by atomic mass is 10.0. The van der Waals surface area contributed by atoms with Gasteiger partial charge in [0.25, 0.3) is 0 Å².